The topological polar surface area (TPSA) is 103 Å². The molecule has 0 unspecified atom stereocenters. The van der Waals surface area contributed by atoms with Crippen LogP contribution in [-0.2, 0) is 0 Å². The summed E-state index contributed by atoms with van der Waals surface area (Å²) in [5.74, 6) is -0.794. The Hall–Kier alpha value is -4.40. The molecule has 0 aliphatic carbocycles. The fourth-order valence-electron chi connectivity index (χ4n) is 3.12. The maximum Gasteiger partial charge on any atom is 0.295 e. The van der Waals surface area contributed by atoms with Gasteiger partial charge < -0.3 is 5.32 Å². The van der Waals surface area contributed by atoms with Crippen LogP contribution < -0.4 is 5.32 Å². The Morgan fingerprint density at radius 3 is 2.47 bits per heavy atom. The normalized spacial score (nSPS) is 10.7. The molecule has 1 aromatic heterocycles. The quantitative estimate of drug-likeness (QED) is 0.359. The van der Waals surface area contributed by atoms with Crippen LogP contribution in [0.2, 0.25) is 0 Å². The Morgan fingerprint density at radius 2 is 1.78 bits per heavy atom. The minimum Gasteiger partial charge on any atom is -0.319 e. The van der Waals surface area contributed by atoms with E-state index in [2.05, 4.69) is 15.4 Å². The van der Waals surface area contributed by atoms with E-state index in [-0.39, 0.29) is 17.2 Å². The highest BCUT2D eigenvalue weighted by atomic mass is 19.1. The molecule has 0 aliphatic rings. The number of aryl methyl sites for hydroxylation is 2. The highest BCUT2D eigenvalue weighted by Crippen LogP contribution is 2.24. The number of benzene rings is 3. The van der Waals surface area contributed by atoms with Crippen LogP contribution in [0.1, 0.15) is 21.7 Å². The van der Waals surface area contributed by atoms with Crippen LogP contribution in [0.15, 0.2) is 66.7 Å². The van der Waals surface area contributed by atoms with Crippen LogP contribution in [0.25, 0.3) is 17.1 Å². The smallest absolute Gasteiger partial charge is 0.295 e. The predicted octanol–water partition coefficient (Wildman–Crippen LogP) is 4.85. The first-order valence-corrected chi connectivity index (χ1v) is 9.68. The Labute approximate surface area is 182 Å². The number of halogens is 1. The van der Waals surface area contributed by atoms with Crippen molar-refractivity contribution in [3.63, 3.8) is 0 Å². The number of nitro groups is 1. The number of nitro benzene ring substituents is 1. The van der Waals surface area contributed by atoms with Crippen molar-refractivity contribution in [1.29, 1.82) is 0 Å². The first-order chi connectivity index (χ1) is 15.3. The first kappa shape index (κ1) is 20.9. The standard InChI is InChI=1S/C23H18FN5O3/c1-14-6-11-19(12-15(14)2)28-22(16-7-9-17(24)10-8-16)26-21(27-28)23(30)25-18-4-3-5-20(13-18)29(31)32/h3-13H,1-2H3,(H,25,30). The van der Waals surface area contributed by atoms with Gasteiger partial charge in [0, 0.05) is 23.4 Å². The summed E-state index contributed by atoms with van der Waals surface area (Å²) in [6.45, 7) is 3.95. The highest BCUT2D eigenvalue weighted by molar-refractivity contribution is 6.02. The van der Waals surface area contributed by atoms with Crippen molar-refractivity contribution in [1.82, 2.24) is 14.8 Å². The average molecular weight is 431 g/mol. The van der Waals surface area contributed by atoms with E-state index in [1.54, 1.807) is 12.1 Å². The molecule has 160 valence electrons. The van der Waals surface area contributed by atoms with Crippen molar-refractivity contribution in [2.24, 2.45) is 0 Å². The van der Waals surface area contributed by atoms with Gasteiger partial charge in [-0.1, -0.05) is 12.1 Å². The molecule has 9 heteroatoms. The number of non-ortho nitro benzene ring substituents is 1. The van der Waals surface area contributed by atoms with Gasteiger partial charge in [0.05, 0.1) is 10.6 Å². The zero-order valence-electron chi connectivity index (χ0n) is 17.2. The average Bonchev–Trinajstić information content (AvgIpc) is 3.22. The number of aromatic nitrogens is 3. The SMILES string of the molecule is Cc1ccc(-n2nc(C(=O)Nc3cccc([N+](=O)[O-])c3)nc2-c2ccc(F)cc2)cc1C. The first-order valence-electron chi connectivity index (χ1n) is 9.68. The summed E-state index contributed by atoms with van der Waals surface area (Å²) in [4.78, 5) is 27.6. The summed E-state index contributed by atoms with van der Waals surface area (Å²) in [7, 11) is 0. The van der Waals surface area contributed by atoms with Crippen LogP contribution in [0.3, 0.4) is 0 Å². The third-order valence-electron chi connectivity index (χ3n) is 4.96. The molecule has 1 heterocycles. The van der Waals surface area contributed by atoms with Crippen molar-refractivity contribution in [2.75, 3.05) is 5.32 Å². The molecule has 0 atom stereocenters. The van der Waals surface area contributed by atoms with Crippen LogP contribution in [0.4, 0.5) is 15.8 Å². The largest absolute Gasteiger partial charge is 0.319 e. The summed E-state index contributed by atoms with van der Waals surface area (Å²) in [6, 6.07) is 17.0. The zero-order valence-corrected chi connectivity index (χ0v) is 17.2. The van der Waals surface area contributed by atoms with E-state index in [1.807, 2.05) is 32.0 Å². The van der Waals surface area contributed by atoms with Crippen LogP contribution >= 0.6 is 0 Å². The number of anilines is 1. The zero-order chi connectivity index (χ0) is 22.8. The molecule has 0 fully saturated rings. The molecule has 0 bridgehead atoms. The van der Waals surface area contributed by atoms with E-state index < -0.39 is 16.6 Å². The number of amides is 1. The number of nitrogens with zero attached hydrogens (tertiary/aromatic N) is 4. The number of rotatable bonds is 5. The van der Waals surface area contributed by atoms with E-state index in [1.165, 1.54) is 41.1 Å². The Kier molecular flexibility index (Phi) is 5.46. The monoisotopic (exact) mass is 431 g/mol. The van der Waals surface area contributed by atoms with Crippen molar-refractivity contribution >= 4 is 17.3 Å². The number of carbonyl (C=O) groups is 1. The second kappa shape index (κ2) is 8.38. The summed E-state index contributed by atoms with van der Waals surface area (Å²) >= 11 is 0. The molecule has 0 spiro atoms. The predicted molar refractivity (Wildman–Crippen MR) is 117 cm³/mol. The number of hydrogen-bond donors (Lipinski definition) is 1. The van der Waals surface area contributed by atoms with Gasteiger partial charge >= 0.3 is 0 Å². The van der Waals surface area contributed by atoms with E-state index in [9.17, 15) is 19.3 Å². The number of nitrogens with one attached hydrogen (secondary N) is 1. The molecule has 4 rings (SSSR count). The maximum absolute atomic E-state index is 13.4. The van der Waals surface area contributed by atoms with Gasteiger partial charge in [-0.2, -0.15) is 0 Å². The van der Waals surface area contributed by atoms with Gasteiger partial charge in [0.15, 0.2) is 5.82 Å². The Bertz CT molecular complexity index is 1330. The molecule has 3 aromatic carbocycles. The molecular formula is C23H18FN5O3. The van der Waals surface area contributed by atoms with Gasteiger partial charge in [-0.3, -0.25) is 14.9 Å². The summed E-state index contributed by atoms with van der Waals surface area (Å²) < 4.78 is 14.9. The Morgan fingerprint density at radius 1 is 1.03 bits per heavy atom. The van der Waals surface area contributed by atoms with Crippen LogP contribution in [0.5, 0.6) is 0 Å². The lowest BCUT2D eigenvalue weighted by atomic mass is 10.1. The minimum atomic E-state index is -0.628. The molecule has 0 radical (unpaired) electrons. The van der Waals surface area contributed by atoms with E-state index in [0.717, 1.165) is 11.1 Å². The van der Waals surface area contributed by atoms with E-state index in [0.29, 0.717) is 17.1 Å². The van der Waals surface area contributed by atoms with Gasteiger partial charge in [0.25, 0.3) is 11.6 Å². The third-order valence-corrected chi connectivity index (χ3v) is 4.96. The Balaban J connectivity index is 1.75. The van der Waals surface area contributed by atoms with Gasteiger partial charge in [-0.05, 0) is 67.4 Å². The molecule has 0 saturated heterocycles. The van der Waals surface area contributed by atoms with Crippen molar-refractivity contribution in [3.05, 3.63) is 99.6 Å². The van der Waals surface area contributed by atoms with Crippen LogP contribution in [0, 0.1) is 29.8 Å². The lowest BCUT2D eigenvalue weighted by molar-refractivity contribution is -0.384. The molecular weight excluding hydrogens is 413 g/mol. The fourth-order valence-corrected chi connectivity index (χ4v) is 3.12. The number of carbonyl (C=O) groups excluding carboxylic acids is 1. The molecule has 0 aliphatic heterocycles. The second-order valence-corrected chi connectivity index (χ2v) is 7.21. The molecule has 4 aromatic rings. The number of hydrogen-bond acceptors (Lipinski definition) is 5. The van der Waals surface area contributed by atoms with E-state index in [4.69, 9.17) is 0 Å². The third kappa shape index (κ3) is 4.22. The van der Waals surface area contributed by atoms with E-state index >= 15 is 0 Å². The molecule has 1 N–H and O–H groups in total. The lowest BCUT2D eigenvalue weighted by Gasteiger charge is -2.08. The van der Waals surface area contributed by atoms with Gasteiger partial charge in [-0.25, -0.2) is 14.1 Å². The molecule has 0 saturated carbocycles. The minimum absolute atomic E-state index is 0.131. The fraction of sp³-hybridized carbons (Fsp3) is 0.0870. The second-order valence-electron chi connectivity index (χ2n) is 7.21. The highest BCUT2D eigenvalue weighted by Gasteiger charge is 2.20. The van der Waals surface area contributed by atoms with Crippen LogP contribution in [-0.4, -0.2) is 25.6 Å². The van der Waals surface area contributed by atoms with Crippen molar-refractivity contribution < 1.29 is 14.1 Å². The maximum atomic E-state index is 13.4. The molecule has 32 heavy (non-hydrogen) atoms. The van der Waals surface area contributed by atoms with Gasteiger partial charge in [-0.15, -0.1) is 5.10 Å². The summed E-state index contributed by atoms with van der Waals surface area (Å²) in [5.41, 5.74) is 3.49. The van der Waals surface area contributed by atoms with Gasteiger partial charge in [0.2, 0.25) is 5.82 Å². The van der Waals surface area contributed by atoms with Gasteiger partial charge in [0.1, 0.15) is 5.82 Å². The lowest BCUT2D eigenvalue weighted by Crippen LogP contribution is -2.14. The summed E-state index contributed by atoms with van der Waals surface area (Å²) in [5, 5.41) is 17.9. The molecule has 1 amide bonds. The summed E-state index contributed by atoms with van der Waals surface area (Å²) in [6.07, 6.45) is 0. The van der Waals surface area contributed by atoms with Crippen molar-refractivity contribution in [2.45, 2.75) is 13.8 Å². The molecule has 8 nitrogen and oxygen atoms in total. The van der Waals surface area contributed by atoms with Crippen molar-refractivity contribution in [3.8, 4) is 17.1 Å².